The molecule has 0 spiro atoms. The zero-order valence-electron chi connectivity index (χ0n) is 8.39. The lowest BCUT2D eigenvalue weighted by Crippen LogP contribution is -2.27. The van der Waals surface area contributed by atoms with E-state index >= 15 is 0 Å². The number of hydrogen-bond donors (Lipinski definition) is 0. The zero-order chi connectivity index (χ0) is 9.68. The second-order valence-electron chi connectivity index (χ2n) is 3.31. The molecule has 0 aliphatic heterocycles. The van der Waals surface area contributed by atoms with Gasteiger partial charge < -0.3 is 0 Å². The predicted octanol–water partition coefficient (Wildman–Crippen LogP) is 2.83. The van der Waals surface area contributed by atoms with Gasteiger partial charge in [0.2, 0.25) is 0 Å². The third-order valence-electron chi connectivity index (χ3n) is 2.32. The molecule has 1 unspecified atom stereocenters. The van der Waals surface area contributed by atoms with Crippen molar-refractivity contribution in [2.24, 2.45) is 0 Å². The van der Waals surface area contributed by atoms with E-state index in [0.29, 0.717) is 0 Å². The van der Waals surface area contributed by atoms with E-state index in [2.05, 4.69) is 38.1 Å². The van der Waals surface area contributed by atoms with Crippen molar-refractivity contribution in [3.63, 3.8) is 0 Å². The molecule has 72 valence electrons. The Morgan fingerprint density at radius 3 is 2.54 bits per heavy atom. The molecule has 0 saturated carbocycles. The molecule has 0 N–H and O–H groups in total. The Hall–Kier alpha value is -0.273. The Bertz CT molecular complexity index is 260. The van der Waals surface area contributed by atoms with Crippen molar-refractivity contribution in [3.8, 4) is 0 Å². The molecule has 1 atom stereocenters. The van der Waals surface area contributed by atoms with Crippen LogP contribution in [0.4, 0.5) is 0 Å². The normalized spacial score (nSPS) is 12.8. The fourth-order valence-electron chi connectivity index (χ4n) is 1.57. The van der Waals surface area contributed by atoms with Crippen LogP contribution in [-0.4, -0.2) is 8.11 Å². The summed E-state index contributed by atoms with van der Waals surface area (Å²) in [5, 5.41) is 1.45. The summed E-state index contributed by atoms with van der Waals surface area (Å²) >= 11 is 6.43. The highest BCUT2D eigenvalue weighted by molar-refractivity contribution is 7.14. The highest BCUT2D eigenvalue weighted by atomic mass is 35.6. The Morgan fingerprint density at radius 1 is 1.23 bits per heavy atom. The molecule has 13 heavy (non-hydrogen) atoms. The van der Waals surface area contributed by atoms with Crippen LogP contribution in [0.5, 0.6) is 0 Å². The average Bonchev–Trinajstić information content (AvgIpc) is 2.18. The maximum absolute atomic E-state index is 6.43. The summed E-state index contributed by atoms with van der Waals surface area (Å²) < 4.78 is 0. The smallest absolute Gasteiger partial charge is 0.165 e. The third-order valence-corrected chi connectivity index (χ3v) is 6.00. The van der Waals surface area contributed by atoms with Crippen LogP contribution < -0.4 is 5.19 Å². The van der Waals surface area contributed by atoms with Crippen molar-refractivity contribution >= 4 is 24.4 Å². The number of hydrogen-bond acceptors (Lipinski definition) is 0. The first-order valence-corrected chi connectivity index (χ1v) is 8.15. The molecule has 1 rings (SSSR count). The number of benzene rings is 1. The standard InChI is InChI=1S/C11H17ClSi/c1-3-9-13(12)11-8-6-5-7-10(11)4-2/h5-8,13H,3-4,9H2,1-2H3. The molecular formula is C11H17ClSi. The minimum absolute atomic E-state index is 1.11. The molecular weight excluding hydrogens is 196 g/mol. The Kier molecular flexibility index (Phi) is 4.53. The molecule has 0 nitrogen and oxygen atoms in total. The van der Waals surface area contributed by atoms with Gasteiger partial charge in [0.05, 0.1) is 0 Å². The molecule has 0 aliphatic rings. The van der Waals surface area contributed by atoms with Crippen LogP contribution in [0.25, 0.3) is 0 Å². The third kappa shape index (κ3) is 2.85. The second kappa shape index (κ2) is 5.46. The lowest BCUT2D eigenvalue weighted by molar-refractivity contribution is 1.07. The van der Waals surface area contributed by atoms with Crippen molar-refractivity contribution in [2.75, 3.05) is 0 Å². The van der Waals surface area contributed by atoms with Crippen molar-refractivity contribution in [1.29, 1.82) is 0 Å². The van der Waals surface area contributed by atoms with Crippen LogP contribution in [-0.2, 0) is 6.42 Å². The lowest BCUT2D eigenvalue weighted by Gasteiger charge is -2.11. The predicted molar refractivity (Wildman–Crippen MR) is 63.6 cm³/mol. The molecule has 0 bridgehead atoms. The number of rotatable bonds is 4. The van der Waals surface area contributed by atoms with Crippen LogP contribution >= 0.6 is 11.1 Å². The summed E-state index contributed by atoms with van der Waals surface area (Å²) in [6, 6.07) is 9.82. The number of aryl methyl sites for hydroxylation is 1. The maximum atomic E-state index is 6.43. The fourth-order valence-corrected chi connectivity index (χ4v) is 4.70. The van der Waals surface area contributed by atoms with E-state index in [4.69, 9.17) is 11.1 Å². The van der Waals surface area contributed by atoms with Gasteiger partial charge in [-0.2, -0.15) is 11.1 Å². The Morgan fingerprint density at radius 2 is 1.92 bits per heavy atom. The monoisotopic (exact) mass is 212 g/mol. The van der Waals surface area contributed by atoms with Crippen molar-refractivity contribution in [1.82, 2.24) is 0 Å². The molecule has 1 aromatic rings. The fraction of sp³-hybridized carbons (Fsp3) is 0.455. The van der Waals surface area contributed by atoms with Gasteiger partial charge in [-0.25, -0.2) is 0 Å². The van der Waals surface area contributed by atoms with Crippen LogP contribution in [0.2, 0.25) is 6.04 Å². The van der Waals surface area contributed by atoms with Crippen molar-refractivity contribution < 1.29 is 0 Å². The van der Waals surface area contributed by atoms with E-state index in [9.17, 15) is 0 Å². The van der Waals surface area contributed by atoms with Gasteiger partial charge in [-0.1, -0.05) is 44.5 Å². The summed E-state index contributed by atoms with van der Waals surface area (Å²) in [7, 11) is -1.15. The molecule has 0 aliphatic carbocycles. The molecule has 0 amide bonds. The van der Waals surface area contributed by atoms with Gasteiger partial charge in [0.25, 0.3) is 0 Å². The van der Waals surface area contributed by atoms with Gasteiger partial charge in [-0.3, -0.25) is 0 Å². The van der Waals surface area contributed by atoms with Crippen LogP contribution in [0, 0.1) is 0 Å². The highest BCUT2D eigenvalue weighted by Gasteiger charge is 2.11. The zero-order valence-corrected chi connectivity index (χ0v) is 10.3. The van der Waals surface area contributed by atoms with Crippen LogP contribution in [0.1, 0.15) is 25.8 Å². The van der Waals surface area contributed by atoms with E-state index in [1.165, 1.54) is 23.2 Å². The lowest BCUT2D eigenvalue weighted by atomic mass is 10.2. The molecule has 0 heterocycles. The summed E-state index contributed by atoms with van der Waals surface area (Å²) in [5.41, 5.74) is 1.45. The summed E-state index contributed by atoms with van der Waals surface area (Å²) in [5.74, 6) is 0. The molecule has 0 aromatic heterocycles. The van der Waals surface area contributed by atoms with Crippen LogP contribution in [0.15, 0.2) is 24.3 Å². The van der Waals surface area contributed by atoms with Crippen molar-refractivity contribution in [2.45, 2.75) is 32.7 Å². The van der Waals surface area contributed by atoms with E-state index in [0.717, 1.165) is 6.42 Å². The first-order valence-electron chi connectivity index (χ1n) is 5.01. The SMILES string of the molecule is CCC[SiH](Cl)c1ccccc1CC. The van der Waals surface area contributed by atoms with Gasteiger partial charge in [0, 0.05) is 0 Å². The quantitative estimate of drug-likeness (QED) is 0.532. The molecule has 0 saturated heterocycles. The molecule has 2 heteroatoms. The minimum atomic E-state index is -1.15. The van der Waals surface area contributed by atoms with E-state index in [-0.39, 0.29) is 0 Å². The summed E-state index contributed by atoms with van der Waals surface area (Å²) in [4.78, 5) is 0. The van der Waals surface area contributed by atoms with E-state index < -0.39 is 8.11 Å². The second-order valence-corrected chi connectivity index (χ2v) is 7.02. The van der Waals surface area contributed by atoms with Gasteiger partial charge >= 0.3 is 0 Å². The van der Waals surface area contributed by atoms with E-state index in [1.54, 1.807) is 0 Å². The van der Waals surface area contributed by atoms with E-state index in [1.807, 2.05) is 0 Å². The van der Waals surface area contributed by atoms with Gasteiger partial charge in [0.1, 0.15) is 0 Å². The first-order chi connectivity index (χ1) is 6.29. The maximum Gasteiger partial charge on any atom is 0.171 e. The molecule has 0 radical (unpaired) electrons. The van der Waals surface area contributed by atoms with Gasteiger partial charge in [-0.15, -0.1) is 0 Å². The number of halogens is 1. The minimum Gasteiger partial charge on any atom is -0.165 e. The largest absolute Gasteiger partial charge is 0.171 e. The van der Waals surface area contributed by atoms with Gasteiger partial charge in [-0.05, 0) is 23.2 Å². The highest BCUT2D eigenvalue weighted by Crippen LogP contribution is 2.07. The van der Waals surface area contributed by atoms with Crippen LogP contribution in [0.3, 0.4) is 0 Å². The average molecular weight is 213 g/mol. The Balaban J connectivity index is 2.85. The molecule has 0 fully saturated rings. The summed E-state index contributed by atoms with van der Waals surface area (Å²) in [6.07, 6.45) is 2.31. The first kappa shape index (κ1) is 10.8. The topological polar surface area (TPSA) is 0 Å². The Labute approximate surface area is 87.2 Å². The summed E-state index contributed by atoms with van der Waals surface area (Å²) in [6.45, 7) is 4.40. The van der Waals surface area contributed by atoms with Gasteiger partial charge in [0.15, 0.2) is 8.11 Å². The van der Waals surface area contributed by atoms with Crippen molar-refractivity contribution in [3.05, 3.63) is 29.8 Å². The molecule has 1 aromatic carbocycles.